The van der Waals surface area contributed by atoms with Crippen LogP contribution in [0.3, 0.4) is 0 Å². The predicted octanol–water partition coefficient (Wildman–Crippen LogP) is 10.1. The summed E-state index contributed by atoms with van der Waals surface area (Å²) in [6, 6.07) is 32.7. The fourth-order valence-electron chi connectivity index (χ4n) is 11.6. The molecular formula is C76H112N4O22. The van der Waals surface area contributed by atoms with Crippen LogP contribution in [0.15, 0.2) is 121 Å². The molecule has 2 heterocycles. The lowest BCUT2D eigenvalue weighted by molar-refractivity contribution is -0.197. The Hall–Kier alpha value is -8.40. The van der Waals surface area contributed by atoms with Gasteiger partial charge in [0.25, 0.3) is 0 Å². The molecule has 102 heavy (non-hydrogen) atoms. The minimum atomic E-state index is -1.60. The Balaban J connectivity index is 0.000000350. The van der Waals surface area contributed by atoms with E-state index in [-0.39, 0.29) is 69.0 Å². The lowest BCUT2D eigenvalue weighted by Gasteiger charge is -2.47. The summed E-state index contributed by atoms with van der Waals surface area (Å²) < 4.78 is 41.6. The van der Waals surface area contributed by atoms with Gasteiger partial charge in [0, 0.05) is 19.3 Å². The molecule has 6 unspecified atom stereocenters. The number of hydrogen-bond acceptors (Lipinski definition) is 22. The van der Waals surface area contributed by atoms with Crippen LogP contribution in [-0.2, 0) is 83.5 Å². The van der Waals surface area contributed by atoms with Crippen molar-refractivity contribution in [1.82, 2.24) is 21.3 Å². The number of carbonyl (C=O) groups is 8. The highest BCUT2D eigenvalue weighted by Crippen LogP contribution is 2.44. The Bertz CT molecular complexity index is 3240. The Morgan fingerprint density at radius 1 is 0.480 bits per heavy atom. The number of benzene rings is 4. The van der Waals surface area contributed by atoms with Crippen molar-refractivity contribution in [2.75, 3.05) is 0 Å². The summed E-state index contributed by atoms with van der Waals surface area (Å²) >= 11 is 0. The topological polar surface area (TPSA) is 380 Å². The number of aliphatic hydroxyl groups is 6. The summed E-state index contributed by atoms with van der Waals surface area (Å²) in [6.45, 7) is 10.5. The first-order valence-corrected chi connectivity index (χ1v) is 33.3. The number of aliphatic hydroxyl groups excluding tert-OH is 4. The minimum Gasteiger partial charge on any atom is -0.458 e. The smallest absolute Gasteiger partial charge is 0.408 e. The summed E-state index contributed by atoms with van der Waals surface area (Å²) in [7, 11) is 0. The molecule has 4 aromatic rings. The van der Waals surface area contributed by atoms with Crippen LogP contribution >= 0.6 is 0 Å². The van der Waals surface area contributed by atoms with Crippen molar-refractivity contribution in [1.29, 1.82) is 0 Å². The van der Waals surface area contributed by atoms with E-state index in [1.807, 2.05) is 109 Å². The van der Waals surface area contributed by atoms with E-state index >= 15 is 0 Å². The highest BCUT2D eigenvalue weighted by molar-refractivity contribution is 5.84. The maximum atomic E-state index is 12.5. The second-order valence-corrected chi connectivity index (χ2v) is 28.0. The highest BCUT2D eigenvalue weighted by Gasteiger charge is 2.52. The van der Waals surface area contributed by atoms with Crippen LogP contribution in [0, 0.1) is 0 Å². The molecule has 4 saturated carbocycles. The van der Waals surface area contributed by atoms with Gasteiger partial charge in [0.05, 0.1) is 35.5 Å². The summed E-state index contributed by atoms with van der Waals surface area (Å²) in [6.07, 6.45) is 1.76. The van der Waals surface area contributed by atoms with Crippen molar-refractivity contribution in [2.45, 2.75) is 283 Å². The lowest BCUT2D eigenvalue weighted by Crippen LogP contribution is -2.60. The molecule has 0 aromatic heterocycles. The Kier molecular flexibility index (Phi) is 34.3. The number of esters is 4. The van der Waals surface area contributed by atoms with E-state index in [1.165, 1.54) is 0 Å². The van der Waals surface area contributed by atoms with Crippen LogP contribution in [0.2, 0.25) is 0 Å². The SMILES string of the molecule is C.C.C.C.CC(C)(C)OC(=O)C(NC(=O)OCc1ccccc1)C(O)CC1(O)CCC1.CC(C)(C)OC(=O)C(O)C(CC1(O)CCC1)NC(=O)OCc1ccccc1.O=C(NC1C(=O)OC2(CCC2)C[C@@H]1O)OCc1ccccc1.O=C(N[C@H]1CC2(CCC2)OC(=O)C1O)OCc1ccccc1. The van der Waals surface area contributed by atoms with Gasteiger partial charge in [-0.15, -0.1) is 0 Å². The monoisotopic (exact) mass is 1430 g/mol. The molecule has 568 valence electrons. The molecule has 2 spiro atoms. The fraction of sp³-hybridized carbons (Fsp3) is 0.579. The quantitative estimate of drug-likeness (QED) is 0.0290. The standard InChI is InChI=1S/2C20H29NO6.2C16H19NO5.4CH4/c1-19(2,3)27-17(23)16(15(22)12-20(25)10-7-11-20)21-18(24)26-13-14-8-5-4-6-9-14;1-19(2,3)27-17(23)16(22)15(12-20(25)10-7-11-20)21-18(24)26-13-14-8-5-4-6-9-14;18-12-9-16(7-4-8-16)22-14(19)13(12)17-15(20)21-10-11-5-2-1-3-6-11;18-13-12(9-16(7-4-8-16)22-14(13)19)17-15(20)21-10-11-5-2-1-3-6-11;;;;/h2*4-6,8-9,15-16,22,25H,7,10-13H2,1-3H3,(H,21,24);2*1-3,5-6,12-13,18H,4,7-10H2,(H,17,20);4*1H4/t;;2*12-,13?;;;;/m..00..../s1. The van der Waals surface area contributed by atoms with Crippen molar-refractivity contribution < 1.29 is 107 Å². The van der Waals surface area contributed by atoms with Gasteiger partial charge in [-0.3, -0.25) is 0 Å². The maximum Gasteiger partial charge on any atom is 0.408 e. The summed E-state index contributed by atoms with van der Waals surface area (Å²) in [5, 5.41) is 71.4. The van der Waals surface area contributed by atoms with Crippen LogP contribution in [0.25, 0.3) is 0 Å². The first-order valence-electron chi connectivity index (χ1n) is 33.3. The molecule has 4 amide bonds. The van der Waals surface area contributed by atoms with Gasteiger partial charge in [0.15, 0.2) is 24.3 Å². The Morgan fingerprint density at radius 3 is 1.21 bits per heavy atom. The highest BCUT2D eigenvalue weighted by atomic mass is 16.6. The van der Waals surface area contributed by atoms with E-state index in [0.717, 1.165) is 73.6 Å². The maximum absolute atomic E-state index is 12.5. The summed E-state index contributed by atoms with van der Waals surface area (Å²) in [5.41, 5.74) is -1.25. The first kappa shape index (κ1) is 87.8. The molecule has 6 fully saturated rings. The third-order valence-electron chi connectivity index (χ3n) is 17.4. The average Bonchev–Trinajstić information content (AvgIpc) is 0.782. The van der Waals surface area contributed by atoms with E-state index < -0.39 is 130 Å². The molecule has 26 heteroatoms. The molecular weight excluding hydrogens is 1320 g/mol. The number of amides is 4. The van der Waals surface area contributed by atoms with Gasteiger partial charge in [-0.2, -0.15) is 0 Å². The third-order valence-corrected chi connectivity index (χ3v) is 17.4. The predicted molar refractivity (Wildman–Crippen MR) is 378 cm³/mol. The van der Waals surface area contributed by atoms with Crippen LogP contribution in [0.5, 0.6) is 0 Å². The summed E-state index contributed by atoms with van der Waals surface area (Å²) in [5.74, 6) is -2.87. The molecule has 6 aliphatic rings. The molecule has 4 aromatic carbocycles. The number of alkyl carbamates (subject to hydrolysis) is 4. The third kappa shape index (κ3) is 28.1. The first-order chi connectivity index (χ1) is 46.3. The molecule has 2 aliphatic heterocycles. The molecule has 10 rings (SSSR count). The normalized spacial score (nSPS) is 20.7. The van der Waals surface area contributed by atoms with Crippen molar-refractivity contribution in [2.24, 2.45) is 0 Å². The van der Waals surface area contributed by atoms with E-state index in [0.29, 0.717) is 38.5 Å². The fourth-order valence-corrected chi connectivity index (χ4v) is 11.6. The van der Waals surface area contributed by atoms with Gasteiger partial charge in [0.2, 0.25) is 0 Å². The number of nitrogens with one attached hydrogen (secondary N) is 4. The van der Waals surface area contributed by atoms with Gasteiger partial charge >= 0.3 is 48.3 Å². The Labute approximate surface area is 600 Å². The molecule has 0 radical (unpaired) electrons. The molecule has 8 atom stereocenters. The van der Waals surface area contributed by atoms with Gasteiger partial charge in [-0.1, -0.05) is 151 Å². The molecule has 0 bridgehead atoms. The molecule has 4 aliphatic carbocycles. The van der Waals surface area contributed by atoms with E-state index in [9.17, 15) is 69.0 Å². The second kappa shape index (κ2) is 39.9. The zero-order chi connectivity index (χ0) is 71.3. The lowest BCUT2D eigenvalue weighted by atomic mass is 9.73. The largest absolute Gasteiger partial charge is 0.458 e. The average molecular weight is 1430 g/mol. The Morgan fingerprint density at radius 2 is 0.833 bits per heavy atom. The van der Waals surface area contributed by atoms with Crippen LogP contribution < -0.4 is 21.3 Å². The van der Waals surface area contributed by atoms with E-state index in [1.54, 1.807) is 53.7 Å². The van der Waals surface area contributed by atoms with E-state index in [4.69, 9.17) is 37.9 Å². The molecule has 26 nitrogen and oxygen atoms in total. The van der Waals surface area contributed by atoms with E-state index in [2.05, 4.69) is 21.3 Å². The van der Waals surface area contributed by atoms with Crippen molar-refractivity contribution >= 4 is 48.3 Å². The van der Waals surface area contributed by atoms with Crippen LogP contribution in [0.4, 0.5) is 19.2 Å². The number of rotatable bonds is 20. The second-order valence-electron chi connectivity index (χ2n) is 28.0. The van der Waals surface area contributed by atoms with Crippen molar-refractivity contribution in [3.05, 3.63) is 144 Å². The van der Waals surface area contributed by atoms with Gasteiger partial charge in [0.1, 0.15) is 48.8 Å². The van der Waals surface area contributed by atoms with Gasteiger partial charge < -0.3 is 89.8 Å². The van der Waals surface area contributed by atoms with Crippen molar-refractivity contribution in [3.8, 4) is 0 Å². The molecule has 10 N–H and O–H groups in total. The summed E-state index contributed by atoms with van der Waals surface area (Å²) in [4.78, 5) is 96.3. The zero-order valence-electron chi connectivity index (χ0n) is 56.5. The number of hydrogen-bond donors (Lipinski definition) is 10. The van der Waals surface area contributed by atoms with Crippen molar-refractivity contribution in [3.63, 3.8) is 0 Å². The van der Waals surface area contributed by atoms with Gasteiger partial charge in [-0.05, 0) is 147 Å². The van der Waals surface area contributed by atoms with Gasteiger partial charge in [-0.25, -0.2) is 38.4 Å². The number of ether oxygens (including phenoxy) is 8. The van der Waals surface area contributed by atoms with Crippen LogP contribution in [0.1, 0.15) is 196 Å². The minimum absolute atomic E-state index is 0. The number of carbonyl (C=O) groups excluding carboxylic acids is 8. The van der Waals surface area contributed by atoms with Crippen LogP contribution in [-0.4, -0.2) is 161 Å². The zero-order valence-corrected chi connectivity index (χ0v) is 56.5. The molecule has 2 saturated heterocycles.